The summed E-state index contributed by atoms with van der Waals surface area (Å²) in [4.78, 5) is 28.7. The Morgan fingerprint density at radius 1 is 1.50 bits per heavy atom. The van der Waals surface area contributed by atoms with Gasteiger partial charge in [-0.3, -0.25) is 0 Å². The molecule has 0 radical (unpaired) electrons. The Labute approximate surface area is 121 Å². The highest BCUT2D eigenvalue weighted by Crippen LogP contribution is 2.36. The van der Waals surface area contributed by atoms with Crippen molar-refractivity contribution in [2.45, 2.75) is 38.3 Å². The van der Waals surface area contributed by atoms with Crippen molar-refractivity contribution in [2.24, 2.45) is 0 Å². The Morgan fingerprint density at radius 3 is 2.85 bits per heavy atom. The summed E-state index contributed by atoms with van der Waals surface area (Å²) < 4.78 is 0. The molecule has 1 saturated carbocycles. The van der Waals surface area contributed by atoms with Crippen molar-refractivity contribution >= 4 is 23.3 Å². The minimum Gasteiger partial charge on any atom is -0.479 e. The molecule has 0 aromatic carbocycles. The number of thiophene rings is 1. The Balaban J connectivity index is 1.88. The molecule has 5 nitrogen and oxygen atoms in total. The van der Waals surface area contributed by atoms with Crippen LogP contribution in [0.1, 0.15) is 36.2 Å². The number of carboxylic acid groups (broad SMARTS) is 1. The lowest BCUT2D eigenvalue weighted by atomic mass is 10.0. The maximum absolute atomic E-state index is 12.6. The molecule has 20 heavy (non-hydrogen) atoms. The zero-order chi connectivity index (χ0) is 14.3. The molecule has 1 aliphatic heterocycles. The number of fused-ring (bicyclic) bond motifs is 1. The fraction of sp³-hybridized carbons (Fsp3) is 0.571. The molecule has 2 heterocycles. The van der Waals surface area contributed by atoms with E-state index in [4.69, 9.17) is 0 Å². The van der Waals surface area contributed by atoms with Crippen LogP contribution in [0.2, 0.25) is 0 Å². The minimum atomic E-state index is -0.940. The molecular formula is C14H18N2O3S. The third-order valence-electron chi connectivity index (χ3n) is 4.02. The number of amides is 2. The third-order valence-corrected chi connectivity index (χ3v) is 5.02. The van der Waals surface area contributed by atoms with Gasteiger partial charge in [-0.1, -0.05) is 0 Å². The lowest BCUT2D eigenvalue weighted by Crippen LogP contribution is -2.50. The van der Waals surface area contributed by atoms with Gasteiger partial charge in [-0.25, -0.2) is 9.59 Å². The van der Waals surface area contributed by atoms with Crippen LogP contribution in [0.5, 0.6) is 0 Å². The molecule has 1 N–H and O–H groups in total. The van der Waals surface area contributed by atoms with Crippen molar-refractivity contribution < 1.29 is 14.7 Å². The predicted molar refractivity (Wildman–Crippen MR) is 75.9 cm³/mol. The van der Waals surface area contributed by atoms with Gasteiger partial charge in [0.2, 0.25) is 0 Å². The zero-order valence-corrected chi connectivity index (χ0v) is 12.2. The Hall–Kier alpha value is -1.56. The van der Waals surface area contributed by atoms with Crippen LogP contribution < -0.4 is 0 Å². The van der Waals surface area contributed by atoms with Crippen LogP contribution in [0.25, 0.3) is 0 Å². The van der Waals surface area contributed by atoms with Crippen LogP contribution in [0.4, 0.5) is 4.79 Å². The molecule has 1 unspecified atom stereocenters. The average Bonchev–Trinajstić information content (AvgIpc) is 3.14. The van der Waals surface area contributed by atoms with Gasteiger partial charge in [-0.05, 0) is 43.2 Å². The van der Waals surface area contributed by atoms with E-state index in [1.165, 1.54) is 4.90 Å². The lowest BCUT2D eigenvalue weighted by molar-refractivity contribution is -0.143. The summed E-state index contributed by atoms with van der Waals surface area (Å²) in [6.07, 6.45) is 2.83. The number of hydrogen-bond acceptors (Lipinski definition) is 3. The fourth-order valence-corrected chi connectivity index (χ4v) is 3.79. The van der Waals surface area contributed by atoms with Gasteiger partial charge < -0.3 is 14.9 Å². The highest BCUT2D eigenvalue weighted by atomic mass is 32.1. The van der Waals surface area contributed by atoms with E-state index in [9.17, 15) is 14.7 Å². The number of carbonyl (C=O) groups is 2. The normalized spacial score (nSPS) is 21.4. The SMILES string of the molecule is CCN(C(=O)N1CCc2sccc2C1C(=O)O)C1CC1. The number of carboxylic acids is 1. The van der Waals surface area contributed by atoms with Crippen molar-refractivity contribution in [3.8, 4) is 0 Å². The second kappa shape index (κ2) is 5.09. The molecule has 2 aliphatic rings. The van der Waals surface area contributed by atoms with E-state index in [0.29, 0.717) is 19.1 Å². The standard InChI is InChI=1S/C14H18N2O3S/c1-2-15(9-3-4-9)14(19)16-7-5-11-10(6-8-20-11)12(16)13(17)18/h6,8-9,12H,2-5,7H2,1H3,(H,17,18). The molecule has 2 amide bonds. The first kappa shape index (κ1) is 13.4. The van der Waals surface area contributed by atoms with E-state index in [1.54, 1.807) is 11.3 Å². The smallest absolute Gasteiger partial charge is 0.331 e. The van der Waals surface area contributed by atoms with Crippen molar-refractivity contribution in [2.75, 3.05) is 13.1 Å². The number of hydrogen-bond donors (Lipinski definition) is 1. The minimum absolute atomic E-state index is 0.126. The predicted octanol–water partition coefficient (Wildman–Crippen LogP) is 2.34. The van der Waals surface area contributed by atoms with E-state index in [-0.39, 0.29) is 6.03 Å². The van der Waals surface area contributed by atoms with Crippen LogP contribution in [0.3, 0.4) is 0 Å². The van der Waals surface area contributed by atoms with Crippen molar-refractivity contribution in [1.29, 1.82) is 0 Å². The largest absolute Gasteiger partial charge is 0.479 e. The number of carbonyl (C=O) groups excluding carboxylic acids is 1. The van der Waals surface area contributed by atoms with Crippen molar-refractivity contribution in [3.05, 3.63) is 21.9 Å². The average molecular weight is 294 g/mol. The van der Waals surface area contributed by atoms with E-state index in [2.05, 4.69) is 0 Å². The lowest BCUT2D eigenvalue weighted by Gasteiger charge is -2.36. The van der Waals surface area contributed by atoms with E-state index in [0.717, 1.165) is 29.7 Å². The molecule has 1 atom stereocenters. The summed E-state index contributed by atoms with van der Waals surface area (Å²) in [7, 11) is 0. The number of nitrogens with zero attached hydrogens (tertiary/aromatic N) is 2. The topological polar surface area (TPSA) is 60.9 Å². The third kappa shape index (κ3) is 2.18. The van der Waals surface area contributed by atoms with Crippen LogP contribution in [-0.4, -0.2) is 46.0 Å². The summed E-state index contributed by atoms with van der Waals surface area (Å²) in [6, 6.07) is 1.20. The second-order valence-electron chi connectivity index (χ2n) is 5.28. The van der Waals surface area contributed by atoms with Gasteiger partial charge in [-0.2, -0.15) is 0 Å². The quantitative estimate of drug-likeness (QED) is 0.930. The summed E-state index contributed by atoms with van der Waals surface area (Å²) in [5.41, 5.74) is 0.786. The van der Waals surface area contributed by atoms with E-state index in [1.807, 2.05) is 23.3 Å². The Morgan fingerprint density at radius 2 is 2.25 bits per heavy atom. The van der Waals surface area contributed by atoms with E-state index >= 15 is 0 Å². The fourth-order valence-electron chi connectivity index (χ4n) is 2.89. The highest BCUT2D eigenvalue weighted by molar-refractivity contribution is 7.10. The molecule has 6 heteroatoms. The first-order valence-corrected chi connectivity index (χ1v) is 7.87. The first-order chi connectivity index (χ1) is 9.63. The maximum atomic E-state index is 12.6. The molecule has 0 saturated heterocycles. The Bertz CT molecular complexity index is 538. The van der Waals surface area contributed by atoms with Gasteiger partial charge in [0.1, 0.15) is 0 Å². The molecular weight excluding hydrogens is 276 g/mol. The molecule has 1 aromatic rings. The monoisotopic (exact) mass is 294 g/mol. The van der Waals surface area contributed by atoms with Crippen LogP contribution in [-0.2, 0) is 11.2 Å². The van der Waals surface area contributed by atoms with Gasteiger partial charge in [0.05, 0.1) is 0 Å². The van der Waals surface area contributed by atoms with Gasteiger partial charge in [0.25, 0.3) is 0 Å². The van der Waals surface area contributed by atoms with Gasteiger partial charge in [0.15, 0.2) is 6.04 Å². The molecule has 3 rings (SSSR count). The highest BCUT2D eigenvalue weighted by Gasteiger charge is 2.41. The van der Waals surface area contributed by atoms with Gasteiger partial charge in [-0.15, -0.1) is 11.3 Å². The van der Waals surface area contributed by atoms with Gasteiger partial charge >= 0.3 is 12.0 Å². The van der Waals surface area contributed by atoms with Gasteiger partial charge in [0, 0.05) is 24.0 Å². The van der Waals surface area contributed by atoms with Crippen molar-refractivity contribution in [3.63, 3.8) is 0 Å². The second-order valence-corrected chi connectivity index (χ2v) is 6.28. The number of rotatable bonds is 3. The maximum Gasteiger partial charge on any atom is 0.331 e. The van der Waals surface area contributed by atoms with E-state index < -0.39 is 12.0 Å². The molecule has 108 valence electrons. The van der Waals surface area contributed by atoms with Crippen molar-refractivity contribution in [1.82, 2.24) is 9.80 Å². The van der Waals surface area contributed by atoms with Crippen LogP contribution in [0.15, 0.2) is 11.4 Å². The number of urea groups is 1. The molecule has 0 bridgehead atoms. The molecule has 1 aromatic heterocycles. The van der Waals surface area contributed by atoms with Crippen LogP contribution >= 0.6 is 11.3 Å². The number of aliphatic carboxylic acids is 1. The summed E-state index contributed by atoms with van der Waals surface area (Å²) in [5.74, 6) is -0.940. The Kier molecular flexibility index (Phi) is 3.41. The summed E-state index contributed by atoms with van der Waals surface area (Å²) in [6.45, 7) is 3.08. The summed E-state index contributed by atoms with van der Waals surface area (Å²) in [5, 5.41) is 11.4. The molecule has 1 aliphatic carbocycles. The summed E-state index contributed by atoms with van der Waals surface area (Å²) >= 11 is 1.58. The molecule has 1 fully saturated rings. The first-order valence-electron chi connectivity index (χ1n) is 6.99. The van der Waals surface area contributed by atoms with Crippen LogP contribution in [0, 0.1) is 0 Å². The zero-order valence-electron chi connectivity index (χ0n) is 11.4. The molecule has 0 spiro atoms.